The number of rotatable bonds is 6. The van der Waals surface area contributed by atoms with Gasteiger partial charge in [-0.2, -0.15) is 0 Å². The largest absolute Gasteiger partial charge is 0 e. The number of halogens is 1. The molecule has 0 amide bonds. The van der Waals surface area contributed by atoms with Crippen molar-refractivity contribution in [2.45, 2.75) is 19.3 Å². The van der Waals surface area contributed by atoms with Gasteiger partial charge >= 0.3 is 126 Å². The van der Waals surface area contributed by atoms with Crippen molar-refractivity contribution in [3.63, 3.8) is 0 Å². The second kappa shape index (κ2) is 10.3. The topological polar surface area (TPSA) is 29.5 Å². The number of hydrogen-bond donors (Lipinski definition) is 0. The zero-order valence-corrected chi connectivity index (χ0v) is 18.1. The first-order valence-corrected chi connectivity index (χ1v) is 9.84. The summed E-state index contributed by atoms with van der Waals surface area (Å²) in [4.78, 5) is 16.1. The van der Waals surface area contributed by atoms with Gasteiger partial charge in [-0.3, -0.25) is 0 Å². The van der Waals surface area contributed by atoms with Crippen LogP contribution in [0.5, 0.6) is 0 Å². The van der Waals surface area contributed by atoms with E-state index in [1.165, 1.54) is 21.8 Å². The van der Waals surface area contributed by atoms with Crippen molar-refractivity contribution in [3.8, 4) is 0 Å². The Kier molecular flexibility index (Phi) is 10.5. The molecule has 1 rings (SSSR count). The smallest absolute Gasteiger partial charge is 0 e. The van der Waals surface area contributed by atoms with Crippen molar-refractivity contribution in [3.05, 3.63) is 32.9 Å². The van der Waals surface area contributed by atoms with Crippen LogP contribution in [0, 0.1) is 10.5 Å². The Labute approximate surface area is 158 Å². The van der Waals surface area contributed by atoms with E-state index in [1.54, 1.807) is 0 Å². The number of carbonyl (C=O) groups is 1. The van der Waals surface area contributed by atoms with E-state index in [-0.39, 0.29) is 65.8 Å². The number of hydrogen-bond acceptors (Lipinski definition) is 3. The first kappa shape index (κ1) is 20.5. The summed E-state index contributed by atoms with van der Waals surface area (Å²) in [5, 5.41) is 0. The summed E-state index contributed by atoms with van der Waals surface area (Å²) in [6.45, 7) is 3.04. The van der Waals surface area contributed by atoms with Gasteiger partial charge in [-0.05, 0) is 0 Å². The Morgan fingerprint density at radius 2 is 2.05 bits per heavy atom. The molecule has 0 aliphatic rings. The molecule has 0 bridgehead atoms. The predicted octanol–water partition coefficient (Wildman–Crippen LogP) is 2.70. The number of alkyl halides is 1. The molecule has 0 spiro atoms. The standard InChI is InChI=1S/C15H24INO2.Y/c1-11-7-6-8-13(15(11)16-2)12(10-17(3)4)9-14(18)19-5;/h6-8,12,16H,9-10H2,1-5H3;. The molecule has 3 nitrogen and oxygen atoms in total. The van der Waals surface area contributed by atoms with Crippen LogP contribution in [0.1, 0.15) is 23.5 Å². The molecule has 0 fully saturated rings. The molecule has 1 unspecified atom stereocenters. The van der Waals surface area contributed by atoms with Crippen LogP contribution >= 0.6 is 21.2 Å². The third-order valence-electron chi connectivity index (χ3n) is 3.11. The minimum absolute atomic E-state index is 0. The van der Waals surface area contributed by atoms with Crippen molar-refractivity contribution in [1.82, 2.24) is 4.90 Å². The van der Waals surface area contributed by atoms with E-state index >= 15 is 0 Å². The molecule has 20 heavy (non-hydrogen) atoms. The van der Waals surface area contributed by atoms with Crippen LogP contribution in [0.4, 0.5) is 0 Å². The molecular formula is C15H24INO2Y. The zero-order chi connectivity index (χ0) is 14.4. The monoisotopic (exact) mass is 466 g/mol. The summed E-state index contributed by atoms with van der Waals surface area (Å²) in [6, 6.07) is 6.43. The van der Waals surface area contributed by atoms with Gasteiger partial charge in [-0.25, -0.2) is 0 Å². The molecular weight excluding hydrogens is 442 g/mol. The van der Waals surface area contributed by atoms with E-state index in [0.29, 0.717) is 6.42 Å². The Bertz CT molecular complexity index is 438. The molecule has 0 N–H and O–H groups in total. The molecule has 111 valence electrons. The molecule has 1 aromatic rings. The van der Waals surface area contributed by atoms with Crippen molar-refractivity contribution in [1.29, 1.82) is 0 Å². The normalized spacial score (nSPS) is 12.1. The zero-order valence-electron chi connectivity index (χ0n) is 13.0. The average molecular weight is 466 g/mol. The summed E-state index contributed by atoms with van der Waals surface area (Å²) in [6.07, 6.45) is 0.456. The quantitative estimate of drug-likeness (QED) is 0.367. The molecule has 1 atom stereocenters. The average Bonchev–Trinajstić information content (AvgIpc) is 2.36. The summed E-state index contributed by atoms with van der Waals surface area (Å²) < 4.78 is 6.33. The van der Waals surface area contributed by atoms with E-state index in [2.05, 4.69) is 35.0 Å². The number of carbonyl (C=O) groups excluding carboxylic acids is 1. The van der Waals surface area contributed by atoms with Crippen LogP contribution in [0.15, 0.2) is 18.2 Å². The van der Waals surface area contributed by atoms with E-state index in [4.69, 9.17) is 4.74 Å². The fourth-order valence-corrected chi connectivity index (χ4v) is 4.73. The first-order valence-electron chi connectivity index (χ1n) is 6.34. The Hall–Kier alpha value is 0.484. The molecule has 0 saturated carbocycles. The summed E-state index contributed by atoms with van der Waals surface area (Å²) in [5.74, 6) is 0.0957. The number of benzene rings is 1. The molecule has 0 aromatic heterocycles. The van der Waals surface area contributed by atoms with Crippen LogP contribution in [0.3, 0.4) is 0 Å². The number of ether oxygens (including phenoxy) is 1. The van der Waals surface area contributed by atoms with Crippen LogP contribution in [0.2, 0.25) is 0 Å². The maximum absolute atomic E-state index is 11.6. The van der Waals surface area contributed by atoms with Gasteiger partial charge in [0.25, 0.3) is 0 Å². The fourth-order valence-electron chi connectivity index (χ4n) is 2.27. The number of nitrogens with zero attached hydrogens (tertiary/aromatic N) is 1. The third-order valence-corrected chi connectivity index (χ3v) is 5.87. The van der Waals surface area contributed by atoms with Crippen LogP contribution < -0.4 is 0 Å². The van der Waals surface area contributed by atoms with Gasteiger partial charge in [0.1, 0.15) is 0 Å². The van der Waals surface area contributed by atoms with Crippen molar-refractivity contribution in [2.75, 3.05) is 32.7 Å². The molecule has 0 aliphatic heterocycles. The second-order valence-corrected chi connectivity index (χ2v) is 7.27. The summed E-state index contributed by atoms with van der Waals surface area (Å²) in [7, 11) is 5.55. The number of methoxy groups -OCH3 is 1. The van der Waals surface area contributed by atoms with E-state index < -0.39 is 0 Å². The van der Waals surface area contributed by atoms with Crippen LogP contribution in [0.25, 0.3) is 0 Å². The van der Waals surface area contributed by atoms with Gasteiger partial charge < -0.3 is 0 Å². The Balaban J connectivity index is 0.00000361. The molecule has 1 aromatic carbocycles. The first-order chi connectivity index (χ1) is 8.99. The van der Waals surface area contributed by atoms with Crippen LogP contribution in [-0.4, -0.2) is 43.5 Å². The van der Waals surface area contributed by atoms with Crippen molar-refractivity contribution >= 4 is 27.2 Å². The van der Waals surface area contributed by atoms with Gasteiger partial charge in [0, 0.05) is 32.7 Å². The van der Waals surface area contributed by atoms with Gasteiger partial charge in [0.05, 0.1) is 0 Å². The Morgan fingerprint density at radius 3 is 2.55 bits per heavy atom. The third kappa shape index (κ3) is 6.08. The Morgan fingerprint density at radius 1 is 1.40 bits per heavy atom. The number of likely N-dealkylation sites (N-methyl/N-ethyl adjacent to an activating group) is 1. The van der Waals surface area contributed by atoms with Gasteiger partial charge in [0.15, 0.2) is 0 Å². The molecule has 0 aliphatic carbocycles. The van der Waals surface area contributed by atoms with Gasteiger partial charge in [-0.1, -0.05) is 0 Å². The van der Waals surface area contributed by atoms with Crippen molar-refractivity contribution in [2.24, 2.45) is 0 Å². The van der Waals surface area contributed by atoms with Crippen molar-refractivity contribution < 1.29 is 42.2 Å². The van der Waals surface area contributed by atoms with E-state index in [0.717, 1.165) is 6.54 Å². The minimum atomic E-state index is -0.174. The fraction of sp³-hybridized carbons (Fsp3) is 0.533. The summed E-state index contributed by atoms with van der Waals surface area (Å²) in [5.41, 5.74) is 2.69. The molecule has 0 saturated heterocycles. The number of esters is 1. The molecule has 0 heterocycles. The van der Waals surface area contributed by atoms with Gasteiger partial charge in [0.2, 0.25) is 0 Å². The number of aryl methyl sites for hydroxylation is 1. The summed E-state index contributed by atoms with van der Waals surface area (Å²) >= 11 is -0.174. The SMILES string of the molecule is COC(=O)CC(CN(C)C)c1cccc(C)c1[IH]C.[Y]. The maximum atomic E-state index is 11.6. The van der Waals surface area contributed by atoms with Gasteiger partial charge in [-0.15, -0.1) is 0 Å². The van der Waals surface area contributed by atoms with E-state index in [9.17, 15) is 4.79 Å². The van der Waals surface area contributed by atoms with E-state index in [1.807, 2.05) is 14.1 Å². The minimum Gasteiger partial charge on any atom is 0 e. The predicted molar refractivity (Wildman–Crippen MR) is 89.1 cm³/mol. The van der Waals surface area contributed by atoms with Crippen LogP contribution in [-0.2, 0) is 42.2 Å². The molecule has 1 radical (unpaired) electrons. The second-order valence-electron chi connectivity index (χ2n) is 4.94. The maximum Gasteiger partial charge on any atom is 0 e. The molecule has 5 heteroatoms.